The van der Waals surface area contributed by atoms with Crippen LogP contribution in [-0.2, 0) is 16.1 Å². The van der Waals surface area contributed by atoms with Gasteiger partial charge in [-0.3, -0.25) is 9.97 Å². The van der Waals surface area contributed by atoms with Crippen LogP contribution in [0.15, 0.2) is 52.9 Å². The first-order chi connectivity index (χ1) is 12.7. The van der Waals surface area contributed by atoms with Crippen molar-refractivity contribution in [1.82, 2.24) is 9.97 Å². The molecule has 0 aliphatic carbocycles. The van der Waals surface area contributed by atoms with Gasteiger partial charge in [-0.2, -0.15) is 5.26 Å². The second kappa shape index (κ2) is 10.6. The smallest absolute Gasteiger partial charge is 0.119 e. The van der Waals surface area contributed by atoms with Gasteiger partial charge in [-0.15, -0.1) is 0 Å². The summed E-state index contributed by atoms with van der Waals surface area (Å²) in [5.41, 5.74) is 3.64. The SMILES string of the molecule is CO/N=C(\C)c1cccc(CCCON=C(CC#N)c2ccccn2)n1. The van der Waals surface area contributed by atoms with Crippen LogP contribution in [0.4, 0.5) is 0 Å². The van der Waals surface area contributed by atoms with Crippen LogP contribution >= 0.6 is 0 Å². The van der Waals surface area contributed by atoms with E-state index in [1.807, 2.05) is 37.3 Å². The summed E-state index contributed by atoms with van der Waals surface area (Å²) < 4.78 is 0. The second-order valence-corrected chi connectivity index (χ2v) is 5.40. The average Bonchev–Trinajstić information content (AvgIpc) is 2.68. The Bertz CT molecular complexity index is 797. The van der Waals surface area contributed by atoms with Gasteiger partial charge < -0.3 is 9.68 Å². The van der Waals surface area contributed by atoms with Gasteiger partial charge in [0, 0.05) is 11.9 Å². The maximum absolute atomic E-state index is 8.92. The van der Waals surface area contributed by atoms with Crippen LogP contribution in [-0.4, -0.2) is 35.1 Å². The summed E-state index contributed by atoms with van der Waals surface area (Å²) in [5, 5.41) is 16.9. The largest absolute Gasteiger partial charge is 0.399 e. The van der Waals surface area contributed by atoms with E-state index in [4.69, 9.17) is 14.9 Å². The summed E-state index contributed by atoms with van der Waals surface area (Å²) in [6.07, 6.45) is 3.32. The molecule has 0 fully saturated rings. The van der Waals surface area contributed by atoms with Crippen molar-refractivity contribution < 1.29 is 9.68 Å². The number of hydrogen-bond acceptors (Lipinski definition) is 7. The van der Waals surface area contributed by atoms with Crippen LogP contribution in [0.25, 0.3) is 0 Å². The first-order valence-corrected chi connectivity index (χ1v) is 8.26. The molecule has 0 aliphatic rings. The lowest BCUT2D eigenvalue weighted by molar-refractivity contribution is 0.141. The predicted octanol–water partition coefficient (Wildman–Crippen LogP) is 3.11. The Morgan fingerprint density at radius 1 is 1.15 bits per heavy atom. The molecule has 2 heterocycles. The molecule has 0 atom stereocenters. The number of nitriles is 1. The van der Waals surface area contributed by atoms with Gasteiger partial charge in [0.15, 0.2) is 0 Å². The van der Waals surface area contributed by atoms with E-state index in [1.54, 1.807) is 12.3 Å². The first-order valence-electron chi connectivity index (χ1n) is 8.26. The molecule has 2 aromatic heterocycles. The summed E-state index contributed by atoms with van der Waals surface area (Å²) >= 11 is 0. The van der Waals surface area contributed by atoms with Crippen molar-refractivity contribution in [3.8, 4) is 6.07 Å². The van der Waals surface area contributed by atoms with Crippen LogP contribution in [0.1, 0.15) is 36.8 Å². The number of rotatable bonds is 9. The minimum atomic E-state index is 0.152. The van der Waals surface area contributed by atoms with Crippen LogP contribution < -0.4 is 0 Å². The zero-order chi connectivity index (χ0) is 18.6. The topological polar surface area (TPSA) is 92.8 Å². The van der Waals surface area contributed by atoms with E-state index in [9.17, 15) is 0 Å². The van der Waals surface area contributed by atoms with Crippen molar-refractivity contribution in [3.05, 3.63) is 59.7 Å². The van der Waals surface area contributed by atoms with Crippen LogP contribution in [0, 0.1) is 11.3 Å². The van der Waals surface area contributed by atoms with Gasteiger partial charge >= 0.3 is 0 Å². The van der Waals surface area contributed by atoms with Crippen molar-refractivity contribution >= 4 is 11.4 Å². The summed E-state index contributed by atoms with van der Waals surface area (Å²) in [7, 11) is 1.51. The highest BCUT2D eigenvalue weighted by molar-refractivity contribution is 5.99. The molecular formula is C19H21N5O2. The maximum atomic E-state index is 8.92. The predicted molar refractivity (Wildman–Crippen MR) is 98.7 cm³/mol. The molecule has 0 unspecified atom stereocenters. The number of nitrogens with zero attached hydrogens (tertiary/aromatic N) is 5. The fourth-order valence-electron chi connectivity index (χ4n) is 2.22. The Morgan fingerprint density at radius 2 is 2.00 bits per heavy atom. The average molecular weight is 351 g/mol. The molecule has 2 aromatic rings. The summed E-state index contributed by atoms with van der Waals surface area (Å²) in [6, 6.07) is 13.3. The Morgan fingerprint density at radius 3 is 2.73 bits per heavy atom. The molecule has 0 radical (unpaired) electrons. The number of pyridine rings is 2. The van der Waals surface area contributed by atoms with E-state index in [2.05, 4.69) is 26.3 Å². The van der Waals surface area contributed by atoms with E-state index in [0.717, 1.165) is 29.9 Å². The standard InChI is InChI=1S/C19H21N5O2/c1-15(23-25-2)17-10-5-7-16(22-17)8-6-14-26-24-19(11-12-20)18-9-3-4-13-21-18/h3-5,7,9-10,13H,6,8,11,14H2,1-2H3/b23-15+,24-19?. The molecule has 0 aliphatic heterocycles. The normalized spacial score (nSPS) is 11.7. The molecule has 0 N–H and O–H groups in total. The van der Waals surface area contributed by atoms with E-state index in [1.165, 1.54) is 7.11 Å². The zero-order valence-corrected chi connectivity index (χ0v) is 14.9. The molecule has 0 aromatic carbocycles. The van der Waals surface area contributed by atoms with Crippen molar-refractivity contribution in [2.45, 2.75) is 26.2 Å². The lowest BCUT2D eigenvalue weighted by atomic mass is 10.2. The number of aryl methyl sites for hydroxylation is 1. The number of aromatic nitrogens is 2. The third-order valence-electron chi connectivity index (χ3n) is 3.46. The van der Waals surface area contributed by atoms with E-state index < -0.39 is 0 Å². The van der Waals surface area contributed by atoms with Crippen molar-refractivity contribution in [1.29, 1.82) is 5.26 Å². The van der Waals surface area contributed by atoms with Gasteiger partial charge in [0.2, 0.25) is 0 Å². The van der Waals surface area contributed by atoms with Gasteiger partial charge in [0.25, 0.3) is 0 Å². The Labute approximate surface area is 153 Å². The molecule has 7 nitrogen and oxygen atoms in total. The number of hydrogen-bond donors (Lipinski definition) is 0. The minimum absolute atomic E-state index is 0.152. The highest BCUT2D eigenvalue weighted by Crippen LogP contribution is 2.06. The van der Waals surface area contributed by atoms with Crippen molar-refractivity contribution in [3.63, 3.8) is 0 Å². The molecule has 2 rings (SSSR count). The van der Waals surface area contributed by atoms with Crippen LogP contribution in [0.3, 0.4) is 0 Å². The van der Waals surface area contributed by atoms with E-state index >= 15 is 0 Å². The van der Waals surface area contributed by atoms with Crippen molar-refractivity contribution in [2.24, 2.45) is 10.3 Å². The Hall–Kier alpha value is -3.27. The third-order valence-corrected chi connectivity index (χ3v) is 3.46. The highest BCUT2D eigenvalue weighted by Gasteiger charge is 2.05. The molecular weight excluding hydrogens is 330 g/mol. The van der Waals surface area contributed by atoms with Gasteiger partial charge in [-0.1, -0.05) is 22.4 Å². The Kier molecular flexibility index (Phi) is 7.74. The lowest BCUT2D eigenvalue weighted by Crippen LogP contribution is -2.05. The number of oxime groups is 2. The molecule has 7 heteroatoms. The van der Waals surface area contributed by atoms with Crippen LogP contribution in [0.2, 0.25) is 0 Å². The van der Waals surface area contributed by atoms with Gasteiger partial charge in [-0.25, -0.2) is 0 Å². The molecule has 0 bridgehead atoms. The van der Waals surface area contributed by atoms with E-state index in [-0.39, 0.29) is 6.42 Å². The molecule has 0 saturated heterocycles. The van der Waals surface area contributed by atoms with E-state index in [0.29, 0.717) is 18.0 Å². The van der Waals surface area contributed by atoms with Gasteiger partial charge in [0.05, 0.1) is 23.9 Å². The highest BCUT2D eigenvalue weighted by atomic mass is 16.6. The van der Waals surface area contributed by atoms with Crippen molar-refractivity contribution in [2.75, 3.05) is 13.7 Å². The second-order valence-electron chi connectivity index (χ2n) is 5.40. The maximum Gasteiger partial charge on any atom is 0.119 e. The van der Waals surface area contributed by atoms with Gasteiger partial charge in [-0.05, 0) is 44.0 Å². The lowest BCUT2D eigenvalue weighted by Gasteiger charge is -2.05. The van der Waals surface area contributed by atoms with Gasteiger partial charge in [0.1, 0.15) is 25.1 Å². The Balaban J connectivity index is 1.87. The monoisotopic (exact) mass is 351 g/mol. The molecule has 0 spiro atoms. The quantitative estimate of drug-likeness (QED) is 0.393. The molecule has 0 saturated carbocycles. The molecule has 26 heavy (non-hydrogen) atoms. The summed E-state index contributed by atoms with van der Waals surface area (Å²) in [4.78, 5) is 18.9. The minimum Gasteiger partial charge on any atom is -0.399 e. The molecule has 134 valence electrons. The zero-order valence-electron chi connectivity index (χ0n) is 14.9. The fourth-order valence-corrected chi connectivity index (χ4v) is 2.22. The van der Waals surface area contributed by atoms with Crippen LogP contribution in [0.5, 0.6) is 0 Å². The summed E-state index contributed by atoms with van der Waals surface area (Å²) in [6.45, 7) is 2.28. The molecule has 0 amide bonds. The summed E-state index contributed by atoms with van der Waals surface area (Å²) in [5.74, 6) is 0. The first kappa shape index (κ1) is 19.1. The fraction of sp³-hybridized carbons (Fsp3) is 0.316. The third kappa shape index (κ3) is 5.98.